The molecule has 1 aliphatic carbocycles. The van der Waals surface area contributed by atoms with Crippen LogP contribution >= 0.6 is 0 Å². The summed E-state index contributed by atoms with van der Waals surface area (Å²) in [5.74, 6) is 0.730. The molecule has 0 saturated carbocycles. The number of phenolic OH excluding ortho intramolecular Hbond substituents is 1. The minimum absolute atomic E-state index is 0.205. The van der Waals surface area contributed by atoms with Gasteiger partial charge in [-0.1, -0.05) is 17.7 Å². The second-order valence-corrected chi connectivity index (χ2v) is 5.04. The molecule has 0 radical (unpaired) electrons. The van der Waals surface area contributed by atoms with Gasteiger partial charge in [-0.15, -0.1) is 0 Å². The summed E-state index contributed by atoms with van der Waals surface area (Å²) < 4.78 is 5.03. The van der Waals surface area contributed by atoms with E-state index in [1.54, 1.807) is 24.8 Å². The summed E-state index contributed by atoms with van der Waals surface area (Å²) in [6.45, 7) is 1.78. The summed E-state index contributed by atoms with van der Waals surface area (Å²) in [5, 5.41) is 13.1. The molecule has 0 saturated heterocycles. The van der Waals surface area contributed by atoms with Crippen molar-refractivity contribution in [3.63, 3.8) is 0 Å². The Morgan fingerprint density at radius 1 is 1.32 bits per heavy atom. The summed E-state index contributed by atoms with van der Waals surface area (Å²) >= 11 is 0. The van der Waals surface area contributed by atoms with E-state index in [0.717, 1.165) is 25.1 Å². The molecule has 19 heavy (non-hydrogen) atoms. The van der Waals surface area contributed by atoms with Crippen molar-refractivity contribution in [2.24, 2.45) is 0 Å². The van der Waals surface area contributed by atoms with Crippen LogP contribution in [0.2, 0.25) is 0 Å². The summed E-state index contributed by atoms with van der Waals surface area (Å²) in [5.41, 5.74) is 2.67. The Morgan fingerprint density at radius 3 is 2.89 bits per heavy atom. The van der Waals surface area contributed by atoms with Crippen LogP contribution < -0.4 is 10.1 Å². The zero-order valence-electron chi connectivity index (χ0n) is 11.6. The number of hydrogen-bond acceptors (Lipinski definition) is 3. The Balaban J connectivity index is 1.73. The fourth-order valence-corrected chi connectivity index (χ4v) is 2.46. The molecular weight excluding hydrogens is 238 g/mol. The number of methoxy groups -OCH3 is 1. The molecule has 0 aromatic heterocycles. The molecule has 0 spiro atoms. The molecule has 1 aromatic rings. The predicted octanol–water partition coefficient (Wildman–Crippen LogP) is 3.38. The van der Waals surface area contributed by atoms with Gasteiger partial charge in [-0.25, -0.2) is 0 Å². The van der Waals surface area contributed by atoms with Gasteiger partial charge in [-0.3, -0.25) is 0 Å². The van der Waals surface area contributed by atoms with E-state index in [0.29, 0.717) is 5.75 Å². The van der Waals surface area contributed by atoms with E-state index in [2.05, 4.69) is 11.4 Å². The van der Waals surface area contributed by atoms with Gasteiger partial charge in [-0.2, -0.15) is 0 Å². The summed E-state index contributed by atoms with van der Waals surface area (Å²) in [6.07, 6.45) is 8.75. The normalized spacial score (nSPS) is 15.1. The molecule has 0 fully saturated rings. The lowest BCUT2D eigenvalue weighted by atomic mass is 9.97. The summed E-state index contributed by atoms with van der Waals surface area (Å²) in [6, 6.07) is 5.53. The number of benzene rings is 1. The molecule has 0 unspecified atom stereocenters. The van der Waals surface area contributed by atoms with E-state index >= 15 is 0 Å². The zero-order valence-corrected chi connectivity index (χ0v) is 11.6. The second-order valence-electron chi connectivity index (χ2n) is 5.04. The van der Waals surface area contributed by atoms with E-state index in [9.17, 15) is 5.11 Å². The number of ether oxygens (including phenoxy) is 1. The molecule has 0 heterocycles. The number of aromatic hydroxyl groups is 1. The van der Waals surface area contributed by atoms with Crippen LogP contribution in [0.5, 0.6) is 11.5 Å². The van der Waals surface area contributed by atoms with Crippen LogP contribution in [0, 0.1) is 0 Å². The lowest BCUT2D eigenvalue weighted by Crippen LogP contribution is -2.15. The number of allylic oxidation sites excluding steroid dienone is 1. The van der Waals surface area contributed by atoms with Gasteiger partial charge in [0.15, 0.2) is 11.5 Å². The third-order valence-electron chi connectivity index (χ3n) is 3.58. The molecule has 3 heteroatoms. The minimum Gasteiger partial charge on any atom is -0.504 e. The third kappa shape index (κ3) is 4.28. The molecule has 0 aliphatic heterocycles. The van der Waals surface area contributed by atoms with Crippen molar-refractivity contribution in [2.45, 2.75) is 38.6 Å². The first-order valence-corrected chi connectivity index (χ1v) is 7.04. The van der Waals surface area contributed by atoms with E-state index in [1.807, 2.05) is 6.07 Å². The molecule has 2 N–H and O–H groups in total. The SMILES string of the molecule is COc1ccc(CNCCC2=CCCCC2)cc1O. The van der Waals surface area contributed by atoms with Crippen LogP contribution in [0.25, 0.3) is 0 Å². The average molecular weight is 261 g/mol. The van der Waals surface area contributed by atoms with Crippen molar-refractivity contribution < 1.29 is 9.84 Å². The van der Waals surface area contributed by atoms with Crippen LogP contribution in [0.3, 0.4) is 0 Å². The highest BCUT2D eigenvalue weighted by Crippen LogP contribution is 2.26. The van der Waals surface area contributed by atoms with Crippen molar-refractivity contribution in [2.75, 3.05) is 13.7 Å². The Morgan fingerprint density at radius 2 is 2.21 bits per heavy atom. The quantitative estimate of drug-likeness (QED) is 0.609. The monoisotopic (exact) mass is 261 g/mol. The molecule has 1 aliphatic rings. The van der Waals surface area contributed by atoms with E-state index < -0.39 is 0 Å². The number of nitrogens with one attached hydrogen (secondary N) is 1. The molecule has 2 rings (SSSR count). The highest BCUT2D eigenvalue weighted by Gasteiger charge is 2.04. The van der Waals surface area contributed by atoms with E-state index in [-0.39, 0.29) is 5.75 Å². The largest absolute Gasteiger partial charge is 0.504 e. The Hall–Kier alpha value is -1.48. The van der Waals surface area contributed by atoms with Gasteiger partial charge < -0.3 is 15.2 Å². The maximum Gasteiger partial charge on any atom is 0.160 e. The van der Waals surface area contributed by atoms with Gasteiger partial charge in [0, 0.05) is 6.54 Å². The molecule has 0 amide bonds. The highest BCUT2D eigenvalue weighted by molar-refractivity contribution is 5.41. The topological polar surface area (TPSA) is 41.5 Å². The highest BCUT2D eigenvalue weighted by atomic mass is 16.5. The van der Waals surface area contributed by atoms with Crippen LogP contribution in [-0.4, -0.2) is 18.8 Å². The van der Waals surface area contributed by atoms with Crippen LogP contribution in [0.1, 0.15) is 37.7 Å². The zero-order chi connectivity index (χ0) is 13.5. The Kier molecular flexibility index (Phi) is 5.28. The molecule has 1 aromatic carbocycles. The Labute approximate surface area is 115 Å². The van der Waals surface area contributed by atoms with Gasteiger partial charge in [0.2, 0.25) is 0 Å². The van der Waals surface area contributed by atoms with E-state index in [4.69, 9.17) is 4.74 Å². The molecule has 0 atom stereocenters. The lowest BCUT2D eigenvalue weighted by molar-refractivity contribution is 0.373. The van der Waals surface area contributed by atoms with Crippen molar-refractivity contribution in [1.82, 2.24) is 5.32 Å². The molecule has 104 valence electrons. The van der Waals surface area contributed by atoms with E-state index in [1.165, 1.54) is 25.7 Å². The second kappa shape index (κ2) is 7.19. The van der Waals surface area contributed by atoms with Gasteiger partial charge in [0.25, 0.3) is 0 Å². The van der Waals surface area contributed by atoms with Gasteiger partial charge in [-0.05, 0) is 56.3 Å². The lowest BCUT2D eigenvalue weighted by Gasteiger charge is -2.13. The van der Waals surface area contributed by atoms with Crippen LogP contribution in [0.15, 0.2) is 29.8 Å². The summed E-state index contributed by atoms with van der Waals surface area (Å²) in [4.78, 5) is 0. The molecule has 3 nitrogen and oxygen atoms in total. The van der Waals surface area contributed by atoms with Crippen molar-refractivity contribution in [3.05, 3.63) is 35.4 Å². The fraction of sp³-hybridized carbons (Fsp3) is 0.500. The van der Waals surface area contributed by atoms with Crippen molar-refractivity contribution in [1.29, 1.82) is 0 Å². The maximum atomic E-state index is 9.69. The minimum atomic E-state index is 0.205. The molecule has 0 bridgehead atoms. The van der Waals surface area contributed by atoms with Gasteiger partial charge in [0.05, 0.1) is 7.11 Å². The number of phenols is 1. The predicted molar refractivity (Wildman–Crippen MR) is 77.5 cm³/mol. The number of hydrogen-bond donors (Lipinski definition) is 2. The smallest absolute Gasteiger partial charge is 0.160 e. The first kappa shape index (κ1) is 13.9. The first-order valence-electron chi connectivity index (χ1n) is 7.04. The molecular formula is C16H23NO2. The van der Waals surface area contributed by atoms with Crippen molar-refractivity contribution >= 4 is 0 Å². The number of rotatable bonds is 6. The first-order chi connectivity index (χ1) is 9.29. The van der Waals surface area contributed by atoms with Gasteiger partial charge >= 0.3 is 0 Å². The maximum absolute atomic E-state index is 9.69. The Bertz CT molecular complexity index is 440. The van der Waals surface area contributed by atoms with Crippen LogP contribution in [0.4, 0.5) is 0 Å². The fourth-order valence-electron chi connectivity index (χ4n) is 2.46. The van der Waals surface area contributed by atoms with Crippen molar-refractivity contribution in [3.8, 4) is 11.5 Å². The van der Waals surface area contributed by atoms with Gasteiger partial charge in [0.1, 0.15) is 0 Å². The third-order valence-corrected chi connectivity index (χ3v) is 3.58. The standard InChI is InChI=1S/C16H23NO2/c1-19-16-8-7-14(11-15(16)18)12-17-10-9-13-5-3-2-4-6-13/h5,7-8,11,17-18H,2-4,6,9-10,12H2,1H3. The average Bonchev–Trinajstić information content (AvgIpc) is 2.45. The van der Waals surface area contributed by atoms with Crippen LogP contribution in [-0.2, 0) is 6.54 Å². The summed E-state index contributed by atoms with van der Waals surface area (Å²) in [7, 11) is 1.56.